The van der Waals surface area contributed by atoms with Crippen LogP contribution in [0.1, 0.15) is 17.7 Å². The summed E-state index contributed by atoms with van der Waals surface area (Å²) in [6.07, 6.45) is 1.89. The van der Waals surface area contributed by atoms with Crippen molar-refractivity contribution in [2.45, 2.75) is 19.8 Å². The van der Waals surface area contributed by atoms with Crippen molar-refractivity contribution in [3.8, 4) is 0 Å². The summed E-state index contributed by atoms with van der Waals surface area (Å²) >= 11 is 0. The van der Waals surface area contributed by atoms with E-state index in [1.807, 2.05) is 0 Å². The van der Waals surface area contributed by atoms with Gasteiger partial charge in [-0.3, -0.25) is 4.99 Å². The number of hydrogen-bond donors (Lipinski definition) is 3. The lowest BCUT2D eigenvalue weighted by molar-refractivity contribution is 0.0698. The molecule has 0 spiro atoms. The van der Waals surface area contributed by atoms with Gasteiger partial charge in [0, 0.05) is 50.5 Å². The highest BCUT2D eigenvalue weighted by Gasteiger charge is 2.07. The third-order valence-electron chi connectivity index (χ3n) is 4.11. The van der Waals surface area contributed by atoms with Gasteiger partial charge in [0.05, 0.1) is 13.2 Å². The van der Waals surface area contributed by atoms with E-state index in [-0.39, 0.29) is 0 Å². The van der Waals surface area contributed by atoms with Crippen molar-refractivity contribution in [3.63, 3.8) is 0 Å². The molecule has 0 saturated heterocycles. The number of ether oxygens (including phenoxy) is 2. The topological polar surface area (TPSA) is 70.7 Å². The fourth-order valence-electron chi connectivity index (χ4n) is 2.81. The zero-order valence-corrected chi connectivity index (χ0v) is 15.5. The van der Waals surface area contributed by atoms with Crippen LogP contribution < -0.4 is 10.6 Å². The standard InChI is InChI=1S/C19H30N4O2/c1-15-16(17-7-4-5-8-18(17)23-15)9-11-22-19(20-2)21-10-6-12-25-14-13-24-3/h4-5,7-8,23H,6,9-14H2,1-3H3,(H2,20,21,22). The number of fused-ring (bicyclic) bond motifs is 1. The summed E-state index contributed by atoms with van der Waals surface area (Å²) in [6.45, 7) is 5.82. The van der Waals surface area contributed by atoms with Crippen molar-refractivity contribution in [1.29, 1.82) is 0 Å². The first-order valence-corrected chi connectivity index (χ1v) is 8.83. The molecule has 0 atom stereocenters. The highest BCUT2D eigenvalue weighted by Crippen LogP contribution is 2.21. The second kappa shape index (κ2) is 10.7. The Labute approximate surface area is 150 Å². The van der Waals surface area contributed by atoms with Crippen LogP contribution in [0, 0.1) is 6.92 Å². The summed E-state index contributed by atoms with van der Waals surface area (Å²) < 4.78 is 10.4. The molecule has 0 fully saturated rings. The first-order chi connectivity index (χ1) is 12.3. The van der Waals surface area contributed by atoms with Crippen molar-refractivity contribution >= 4 is 16.9 Å². The van der Waals surface area contributed by atoms with Crippen LogP contribution in [0.2, 0.25) is 0 Å². The SMILES string of the molecule is CN=C(NCCCOCCOC)NCCc1c(C)[nH]c2ccccc12. The van der Waals surface area contributed by atoms with Gasteiger partial charge in [0.1, 0.15) is 0 Å². The molecule has 25 heavy (non-hydrogen) atoms. The first-order valence-electron chi connectivity index (χ1n) is 8.83. The summed E-state index contributed by atoms with van der Waals surface area (Å²) in [5.74, 6) is 0.828. The predicted octanol–water partition coefficient (Wildman–Crippen LogP) is 2.24. The maximum Gasteiger partial charge on any atom is 0.190 e. The molecule has 0 saturated carbocycles. The van der Waals surface area contributed by atoms with Crippen LogP contribution in [0.5, 0.6) is 0 Å². The Morgan fingerprint density at radius 1 is 1.12 bits per heavy atom. The molecule has 2 aromatic rings. The molecule has 1 aromatic carbocycles. The van der Waals surface area contributed by atoms with Crippen molar-refractivity contribution in [2.24, 2.45) is 4.99 Å². The number of H-pyrrole nitrogens is 1. The third kappa shape index (κ3) is 6.07. The van der Waals surface area contributed by atoms with E-state index in [0.717, 1.165) is 38.5 Å². The normalized spacial score (nSPS) is 11.9. The van der Waals surface area contributed by atoms with E-state index in [4.69, 9.17) is 9.47 Å². The molecule has 1 aromatic heterocycles. The fourth-order valence-corrected chi connectivity index (χ4v) is 2.81. The number of para-hydroxylation sites is 1. The molecule has 0 radical (unpaired) electrons. The number of aromatic nitrogens is 1. The van der Waals surface area contributed by atoms with Gasteiger partial charge in [-0.05, 0) is 31.4 Å². The molecule has 0 unspecified atom stereocenters. The van der Waals surface area contributed by atoms with E-state index in [9.17, 15) is 0 Å². The number of nitrogens with zero attached hydrogens (tertiary/aromatic N) is 1. The number of nitrogens with one attached hydrogen (secondary N) is 3. The smallest absolute Gasteiger partial charge is 0.190 e. The number of aromatic amines is 1. The van der Waals surface area contributed by atoms with Crippen LogP contribution in [-0.4, -0.2) is 58.0 Å². The Bertz CT molecular complexity index is 666. The Kier molecular flexibility index (Phi) is 8.28. The zero-order valence-electron chi connectivity index (χ0n) is 15.5. The maximum absolute atomic E-state index is 5.44. The molecule has 138 valence electrons. The van der Waals surface area contributed by atoms with Crippen molar-refractivity contribution in [3.05, 3.63) is 35.5 Å². The van der Waals surface area contributed by atoms with E-state index in [1.165, 1.54) is 22.2 Å². The molecule has 0 aliphatic heterocycles. The maximum atomic E-state index is 5.44. The quantitative estimate of drug-likeness (QED) is 0.350. The Morgan fingerprint density at radius 3 is 2.72 bits per heavy atom. The van der Waals surface area contributed by atoms with Gasteiger partial charge in [-0.2, -0.15) is 0 Å². The minimum absolute atomic E-state index is 0.643. The van der Waals surface area contributed by atoms with Crippen LogP contribution in [-0.2, 0) is 15.9 Å². The number of aliphatic imine (C=N–C) groups is 1. The van der Waals surface area contributed by atoms with Crippen LogP contribution >= 0.6 is 0 Å². The average Bonchev–Trinajstić information content (AvgIpc) is 2.95. The van der Waals surface area contributed by atoms with Gasteiger partial charge in [-0.15, -0.1) is 0 Å². The molecule has 0 aliphatic rings. The summed E-state index contributed by atoms with van der Waals surface area (Å²) in [5.41, 5.74) is 3.80. The van der Waals surface area contributed by atoms with E-state index in [2.05, 4.69) is 51.8 Å². The van der Waals surface area contributed by atoms with Crippen molar-refractivity contribution < 1.29 is 9.47 Å². The molecule has 3 N–H and O–H groups in total. The lowest BCUT2D eigenvalue weighted by atomic mass is 10.1. The van der Waals surface area contributed by atoms with Gasteiger partial charge >= 0.3 is 0 Å². The van der Waals surface area contributed by atoms with Gasteiger partial charge in [0.15, 0.2) is 5.96 Å². The van der Waals surface area contributed by atoms with Gasteiger partial charge in [0.25, 0.3) is 0 Å². The van der Waals surface area contributed by atoms with Crippen LogP contribution in [0.3, 0.4) is 0 Å². The molecule has 0 amide bonds. The fraction of sp³-hybridized carbons (Fsp3) is 0.526. The number of rotatable bonds is 10. The van der Waals surface area contributed by atoms with Gasteiger partial charge in [-0.25, -0.2) is 0 Å². The Balaban J connectivity index is 1.69. The van der Waals surface area contributed by atoms with Gasteiger partial charge in [0.2, 0.25) is 0 Å². The van der Waals surface area contributed by atoms with E-state index in [1.54, 1.807) is 14.2 Å². The second-order valence-corrected chi connectivity index (χ2v) is 5.91. The van der Waals surface area contributed by atoms with Crippen LogP contribution in [0.15, 0.2) is 29.3 Å². The molecule has 6 heteroatoms. The molecule has 2 rings (SSSR count). The average molecular weight is 346 g/mol. The Hall–Kier alpha value is -2.05. The summed E-state index contributed by atoms with van der Waals surface area (Å²) in [4.78, 5) is 7.71. The van der Waals surface area contributed by atoms with E-state index in [0.29, 0.717) is 13.2 Å². The highest BCUT2D eigenvalue weighted by molar-refractivity contribution is 5.84. The third-order valence-corrected chi connectivity index (χ3v) is 4.11. The van der Waals surface area contributed by atoms with Crippen LogP contribution in [0.25, 0.3) is 10.9 Å². The summed E-state index contributed by atoms with van der Waals surface area (Å²) in [6, 6.07) is 8.44. The van der Waals surface area contributed by atoms with Gasteiger partial charge < -0.3 is 25.1 Å². The molecular formula is C19H30N4O2. The van der Waals surface area contributed by atoms with Gasteiger partial charge in [-0.1, -0.05) is 18.2 Å². The second-order valence-electron chi connectivity index (χ2n) is 5.91. The molecular weight excluding hydrogens is 316 g/mol. The molecule has 6 nitrogen and oxygen atoms in total. The summed E-state index contributed by atoms with van der Waals surface area (Å²) in [5, 5.41) is 7.99. The monoisotopic (exact) mass is 346 g/mol. The molecule has 0 aliphatic carbocycles. The number of methoxy groups -OCH3 is 1. The van der Waals surface area contributed by atoms with Crippen molar-refractivity contribution in [1.82, 2.24) is 15.6 Å². The zero-order chi connectivity index (χ0) is 17.9. The summed E-state index contributed by atoms with van der Waals surface area (Å²) in [7, 11) is 3.47. The Morgan fingerprint density at radius 2 is 1.92 bits per heavy atom. The number of benzene rings is 1. The van der Waals surface area contributed by atoms with Crippen LogP contribution in [0.4, 0.5) is 0 Å². The first kappa shape index (κ1) is 19.3. The largest absolute Gasteiger partial charge is 0.382 e. The highest BCUT2D eigenvalue weighted by atomic mass is 16.5. The lowest BCUT2D eigenvalue weighted by Crippen LogP contribution is -2.39. The predicted molar refractivity (Wildman–Crippen MR) is 103 cm³/mol. The van der Waals surface area contributed by atoms with Crippen molar-refractivity contribution in [2.75, 3.05) is 47.1 Å². The minimum atomic E-state index is 0.643. The van der Waals surface area contributed by atoms with E-state index >= 15 is 0 Å². The molecule has 0 bridgehead atoms. The van der Waals surface area contributed by atoms with E-state index < -0.39 is 0 Å². The lowest BCUT2D eigenvalue weighted by Gasteiger charge is -2.12. The number of guanidine groups is 1. The minimum Gasteiger partial charge on any atom is -0.382 e. The number of hydrogen-bond acceptors (Lipinski definition) is 3. The number of aryl methyl sites for hydroxylation is 1. The molecule has 1 heterocycles.